The number of benzene rings is 1. The van der Waals surface area contributed by atoms with Gasteiger partial charge in [0.25, 0.3) is 0 Å². The van der Waals surface area contributed by atoms with E-state index >= 15 is 0 Å². The van der Waals surface area contributed by atoms with E-state index in [2.05, 4.69) is 20.1 Å². The highest BCUT2D eigenvalue weighted by Crippen LogP contribution is 2.38. The molecule has 1 atom stereocenters. The van der Waals surface area contributed by atoms with E-state index in [-0.39, 0.29) is 23.3 Å². The van der Waals surface area contributed by atoms with Crippen LogP contribution in [0, 0.1) is 17.8 Å². The summed E-state index contributed by atoms with van der Waals surface area (Å²) in [6, 6.07) is 7.76. The topological polar surface area (TPSA) is 51.2 Å². The van der Waals surface area contributed by atoms with Crippen LogP contribution < -0.4 is 0 Å². The molecule has 0 N–H and O–H groups in total. The maximum Gasteiger partial charge on any atom is 0.171 e. The molecular weight excluding hydrogens is 452 g/mol. The van der Waals surface area contributed by atoms with Gasteiger partial charge in [0.05, 0.1) is 0 Å². The highest BCUT2D eigenvalue weighted by Gasteiger charge is 2.31. The first-order valence-electron chi connectivity index (χ1n) is 12.7. The number of carbonyl (C=O) groups excluding carboxylic acids is 3. The number of ketones is 3. The van der Waals surface area contributed by atoms with Crippen LogP contribution in [0.2, 0.25) is 0 Å². The van der Waals surface area contributed by atoms with Crippen molar-refractivity contribution in [2.45, 2.75) is 72.1 Å². The summed E-state index contributed by atoms with van der Waals surface area (Å²) in [5.41, 5.74) is 2.47. The minimum absolute atomic E-state index is 0.0134. The average molecular weight is 493 g/mol. The zero-order chi connectivity index (χ0) is 25.8. The number of rotatable bonds is 14. The summed E-state index contributed by atoms with van der Waals surface area (Å²) in [5.74, 6) is 1.34. The Morgan fingerprint density at radius 1 is 1.17 bits per heavy atom. The lowest BCUT2D eigenvalue weighted by atomic mass is 9.72. The maximum absolute atomic E-state index is 13.0. The molecule has 0 aromatic heterocycles. The second-order valence-corrected chi connectivity index (χ2v) is 10.5. The number of Topliss-reactive ketones (excluding diaryl/α,β-unsaturated/α-hetero) is 3. The summed E-state index contributed by atoms with van der Waals surface area (Å²) in [7, 11) is 0. The summed E-state index contributed by atoms with van der Waals surface area (Å²) < 4.78 is 0. The van der Waals surface area contributed by atoms with Gasteiger partial charge in [-0.25, -0.2) is 0 Å². The van der Waals surface area contributed by atoms with Gasteiger partial charge in [0, 0.05) is 29.2 Å². The van der Waals surface area contributed by atoms with Crippen LogP contribution >= 0.6 is 11.8 Å². The van der Waals surface area contributed by atoms with Gasteiger partial charge < -0.3 is 0 Å². The van der Waals surface area contributed by atoms with Crippen molar-refractivity contribution in [2.24, 2.45) is 17.8 Å². The predicted molar refractivity (Wildman–Crippen MR) is 149 cm³/mol. The first-order valence-corrected chi connectivity index (χ1v) is 13.6. The molecule has 0 aliphatic heterocycles. The first kappa shape index (κ1) is 28.8. The third-order valence-electron chi connectivity index (χ3n) is 6.95. The lowest BCUT2D eigenvalue weighted by Gasteiger charge is -2.33. The fraction of sp³-hybridized carbons (Fsp3) is 0.452. The van der Waals surface area contributed by atoms with Gasteiger partial charge >= 0.3 is 0 Å². The number of thioether (sulfide) groups is 1. The Kier molecular flexibility index (Phi) is 12.2. The van der Waals surface area contributed by atoms with Gasteiger partial charge in [-0.05, 0) is 74.3 Å². The smallest absolute Gasteiger partial charge is 0.171 e. The van der Waals surface area contributed by atoms with Gasteiger partial charge in [-0.1, -0.05) is 74.2 Å². The lowest BCUT2D eigenvalue weighted by Crippen LogP contribution is -2.27. The molecule has 1 saturated carbocycles. The fourth-order valence-electron chi connectivity index (χ4n) is 5.04. The van der Waals surface area contributed by atoms with E-state index in [1.54, 1.807) is 13.0 Å². The summed E-state index contributed by atoms with van der Waals surface area (Å²) in [4.78, 5) is 38.4. The van der Waals surface area contributed by atoms with Crippen molar-refractivity contribution in [2.75, 3.05) is 0 Å². The van der Waals surface area contributed by atoms with Crippen molar-refractivity contribution >= 4 is 34.7 Å². The zero-order valence-electron chi connectivity index (χ0n) is 21.6. The van der Waals surface area contributed by atoms with E-state index < -0.39 is 0 Å². The minimum Gasteiger partial charge on any atom is -0.299 e. The molecule has 0 saturated heterocycles. The molecule has 1 aromatic rings. The molecule has 0 spiro atoms. The molecule has 1 aromatic carbocycles. The van der Waals surface area contributed by atoms with Crippen molar-refractivity contribution in [3.63, 3.8) is 0 Å². The highest BCUT2D eigenvalue weighted by molar-refractivity contribution is 8.06. The van der Waals surface area contributed by atoms with Gasteiger partial charge in [-0.15, -0.1) is 6.58 Å². The highest BCUT2D eigenvalue weighted by atomic mass is 32.2. The van der Waals surface area contributed by atoms with Crippen LogP contribution in [-0.4, -0.2) is 17.3 Å². The molecule has 0 radical (unpaired) electrons. The largest absolute Gasteiger partial charge is 0.299 e. The molecule has 0 bridgehead atoms. The fourth-order valence-corrected chi connectivity index (χ4v) is 5.62. The SMILES string of the molecule is C=CC/C=C(\C(C)=O)c1cccc(CC(=O)CC(CC)C2CCC(C(=O)C(=C)SC=CC)CC2)c1. The Morgan fingerprint density at radius 3 is 2.49 bits per heavy atom. The third kappa shape index (κ3) is 8.92. The molecule has 3 nitrogen and oxygen atoms in total. The van der Waals surface area contributed by atoms with E-state index in [4.69, 9.17) is 0 Å². The Hall–Kier alpha value is -2.46. The minimum atomic E-state index is 0.0134. The molecule has 4 heteroatoms. The Balaban J connectivity index is 1.96. The average Bonchev–Trinajstić information content (AvgIpc) is 2.85. The normalized spacial score (nSPS) is 19.3. The molecule has 1 unspecified atom stereocenters. The summed E-state index contributed by atoms with van der Waals surface area (Å²) in [5, 5.41) is 1.90. The molecule has 1 aliphatic carbocycles. The molecule has 188 valence electrons. The van der Waals surface area contributed by atoms with Crippen LogP contribution in [0.4, 0.5) is 0 Å². The quantitative estimate of drug-likeness (QED) is 0.195. The van der Waals surface area contributed by atoms with Crippen LogP contribution in [0.3, 0.4) is 0 Å². The maximum atomic E-state index is 13.0. The monoisotopic (exact) mass is 492 g/mol. The molecule has 0 heterocycles. The Bertz CT molecular complexity index is 977. The van der Waals surface area contributed by atoms with Crippen molar-refractivity contribution in [3.05, 3.63) is 77.1 Å². The van der Waals surface area contributed by atoms with Crippen LogP contribution in [0.25, 0.3) is 5.57 Å². The zero-order valence-corrected chi connectivity index (χ0v) is 22.4. The molecule has 1 aliphatic rings. The molecule has 0 amide bonds. The first-order chi connectivity index (χ1) is 16.8. The lowest BCUT2D eigenvalue weighted by molar-refractivity contribution is -0.121. The second kappa shape index (κ2) is 14.8. The van der Waals surface area contributed by atoms with Crippen LogP contribution in [0.15, 0.2) is 66.0 Å². The van der Waals surface area contributed by atoms with Gasteiger partial charge in [-0.2, -0.15) is 0 Å². The standard InChI is InChI=1S/C31H40O3S/c1-6-9-13-30(22(4)32)28-12-10-11-24(19-28)20-29(33)21-25(8-3)26-14-16-27(17-15-26)31(34)23(5)35-18-7-2/h6-7,10-13,18-19,25-27H,1,5,8-9,14-17,20-21H2,2-4H3/b18-7?,30-13+. The summed E-state index contributed by atoms with van der Waals surface area (Å²) in [6.07, 6.45) is 11.9. The van der Waals surface area contributed by atoms with E-state index in [1.165, 1.54) is 11.8 Å². The van der Waals surface area contributed by atoms with Gasteiger partial charge in [0.2, 0.25) is 0 Å². The number of hydrogen-bond acceptors (Lipinski definition) is 4. The van der Waals surface area contributed by atoms with Gasteiger partial charge in [0.15, 0.2) is 11.6 Å². The summed E-state index contributed by atoms with van der Waals surface area (Å²) in [6.45, 7) is 13.3. The molecule has 1 fully saturated rings. The van der Waals surface area contributed by atoms with Crippen LogP contribution in [-0.2, 0) is 20.8 Å². The summed E-state index contributed by atoms with van der Waals surface area (Å²) >= 11 is 1.41. The van der Waals surface area contributed by atoms with Crippen LogP contribution in [0.1, 0.15) is 76.8 Å². The number of hydrogen-bond donors (Lipinski definition) is 0. The Labute approximate surface area is 215 Å². The van der Waals surface area contributed by atoms with Gasteiger partial charge in [-0.3, -0.25) is 14.4 Å². The van der Waals surface area contributed by atoms with Crippen molar-refractivity contribution in [1.82, 2.24) is 0 Å². The number of carbonyl (C=O) groups is 3. The van der Waals surface area contributed by atoms with E-state index in [0.29, 0.717) is 41.6 Å². The predicted octanol–water partition coefficient (Wildman–Crippen LogP) is 7.92. The molecule has 2 rings (SSSR count). The third-order valence-corrected chi connectivity index (χ3v) is 7.85. The molecular formula is C31H40O3S. The van der Waals surface area contributed by atoms with E-state index in [9.17, 15) is 14.4 Å². The van der Waals surface area contributed by atoms with E-state index in [1.807, 2.05) is 48.7 Å². The van der Waals surface area contributed by atoms with E-state index in [0.717, 1.165) is 43.2 Å². The Morgan fingerprint density at radius 2 is 1.89 bits per heavy atom. The van der Waals surface area contributed by atoms with Crippen molar-refractivity contribution < 1.29 is 14.4 Å². The van der Waals surface area contributed by atoms with Crippen molar-refractivity contribution in [3.8, 4) is 0 Å². The van der Waals surface area contributed by atoms with Crippen LogP contribution in [0.5, 0.6) is 0 Å². The molecule has 35 heavy (non-hydrogen) atoms. The second-order valence-electron chi connectivity index (χ2n) is 9.47. The number of allylic oxidation sites excluding steroid dienone is 5. The van der Waals surface area contributed by atoms with Crippen molar-refractivity contribution in [1.29, 1.82) is 0 Å². The van der Waals surface area contributed by atoms with Gasteiger partial charge in [0.1, 0.15) is 5.78 Å².